The monoisotopic (exact) mass is 489 g/mol. The summed E-state index contributed by atoms with van der Waals surface area (Å²) in [7, 11) is 0. The van der Waals surface area contributed by atoms with Gasteiger partial charge in [0.15, 0.2) is 0 Å². The van der Waals surface area contributed by atoms with Crippen molar-refractivity contribution in [2.75, 3.05) is 11.9 Å². The average molecular weight is 490 g/mol. The van der Waals surface area contributed by atoms with Gasteiger partial charge in [-0.05, 0) is 32.1 Å². The lowest BCUT2D eigenvalue weighted by Crippen LogP contribution is -2.25. The van der Waals surface area contributed by atoms with E-state index in [4.69, 9.17) is 4.74 Å². The van der Waals surface area contributed by atoms with Crippen molar-refractivity contribution in [3.05, 3.63) is 103 Å². The number of amides is 2. The number of pyridine rings is 1. The van der Waals surface area contributed by atoms with Gasteiger partial charge in [0.1, 0.15) is 11.6 Å². The number of aromatic nitrogens is 1. The maximum atomic E-state index is 11.6. The van der Waals surface area contributed by atoms with E-state index in [1.54, 1.807) is 19.2 Å². The van der Waals surface area contributed by atoms with E-state index in [0.717, 1.165) is 11.3 Å². The van der Waals surface area contributed by atoms with Crippen molar-refractivity contribution < 1.29 is 14.3 Å². The van der Waals surface area contributed by atoms with Crippen molar-refractivity contribution in [1.29, 1.82) is 0 Å². The molecule has 0 aliphatic carbocycles. The number of hydrogen-bond donors (Lipinski definition) is 2. The Kier molecular flexibility index (Phi) is 14.6. The van der Waals surface area contributed by atoms with Crippen molar-refractivity contribution in [3.63, 3.8) is 0 Å². The second kappa shape index (κ2) is 17.5. The Labute approximate surface area is 215 Å². The molecular formula is C30H39N3O3. The predicted molar refractivity (Wildman–Crippen MR) is 149 cm³/mol. The molecule has 1 aromatic carbocycles. The number of hydrogen-bond acceptors (Lipinski definition) is 4. The largest absolute Gasteiger partial charge is 0.493 e. The fourth-order valence-corrected chi connectivity index (χ4v) is 2.72. The van der Waals surface area contributed by atoms with E-state index in [0.29, 0.717) is 24.6 Å². The second-order valence-corrected chi connectivity index (χ2v) is 8.29. The van der Waals surface area contributed by atoms with E-state index in [1.807, 2.05) is 94.5 Å². The van der Waals surface area contributed by atoms with Crippen LogP contribution in [0.4, 0.5) is 5.82 Å². The molecule has 0 spiro atoms. The standard InChI is InChI=1S/C22H29NO2.C8H10N2O/c1-6-11-20(13-10-12-18(4)23-22(24)17(2)3)16-25-19(5)21-14-8-7-9-15-21;1-2-8(11)10-7-5-3-4-6-9-7/h6-15,17,20H,5,16H2,1-4H3,(H,23,24);3-6H,2H2,1H3,(H,9,10,11)/b11-6-,13-10?,18-12+;. The van der Waals surface area contributed by atoms with E-state index in [-0.39, 0.29) is 23.7 Å². The first-order valence-electron chi connectivity index (χ1n) is 12.1. The van der Waals surface area contributed by atoms with Crippen molar-refractivity contribution in [2.45, 2.75) is 41.0 Å². The van der Waals surface area contributed by atoms with Gasteiger partial charge in [-0.15, -0.1) is 0 Å². The predicted octanol–water partition coefficient (Wildman–Crippen LogP) is 6.53. The van der Waals surface area contributed by atoms with Crippen molar-refractivity contribution in [1.82, 2.24) is 10.3 Å². The van der Waals surface area contributed by atoms with Crippen molar-refractivity contribution in [2.24, 2.45) is 11.8 Å². The fourth-order valence-electron chi connectivity index (χ4n) is 2.72. The second-order valence-electron chi connectivity index (χ2n) is 8.29. The normalized spacial score (nSPS) is 12.1. The molecule has 6 nitrogen and oxygen atoms in total. The summed E-state index contributed by atoms with van der Waals surface area (Å²) < 4.78 is 5.81. The molecule has 6 heteroatoms. The average Bonchev–Trinajstić information content (AvgIpc) is 2.88. The molecule has 0 aliphatic rings. The zero-order chi connectivity index (χ0) is 26.8. The Balaban J connectivity index is 0.000000488. The summed E-state index contributed by atoms with van der Waals surface area (Å²) in [6, 6.07) is 15.2. The van der Waals surface area contributed by atoms with Crippen LogP contribution in [0.5, 0.6) is 0 Å². The SMILES string of the molecule is C=C(OCC(C=C/C=C(\C)NC(=O)C(C)C)/C=C\C)c1ccccc1.CCC(=O)Nc1ccccn1. The lowest BCUT2D eigenvalue weighted by Gasteiger charge is -2.13. The highest BCUT2D eigenvalue weighted by molar-refractivity contribution is 5.89. The molecule has 0 fully saturated rings. The zero-order valence-electron chi connectivity index (χ0n) is 22.0. The van der Waals surface area contributed by atoms with Gasteiger partial charge in [-0.2, -0.15) is 0 Å². The topological polar surface area (TPSA) is 80.3 Å². The Hall–Kier alpha value is -3.93. The molecule has 2 amide bonds. The van der Waals surface area contributed by atoms with Gasteiger partial charge in [0.05, 0.1) is 6.61 Å². The smallest absolute Gasteiger partial charge is 0.226 e. The van der Waals surface area contributed by atoms with E-state index in [9.17, 15) is 9.59 Å². The maximum absolute atomic E-state index is 11.6. The Bertz CT molecular complexity index is 1030. The van der Waals surface area contributed by atoms with Gasteiger partial charge in [0.25, 0.3) is 0 Å². The molecule has 1 heterocycles. The van der Waals surface area contributed by atoms with Crippen LogP contribution in [0.15, 0.2) is 97.4 Å². The van der Waals surface area contributed by atoms with Gasteiger partial charge >= 0.3 is 0 Å². The van der Waals surface area contributed by atoms with E-state index >= 15 is 0 Å². The number of nitrogens with zero attached hydrogens (tertiary/aromatic N) is 1. The molecule has 1 aromatic heterocycles. The molecule has 0 radical (unpaired) electrons. The molecule has 0 saturated heterocycles. The van der Waals surface area contributed by atoms with E-state index < -0.39 is 0 Å². The minimum Gasteiger partial charge on any atom is -0.493 e. The molecule has 2 N–H and O–H groups in total. The van der Waals surface area contributed by atoms with E-state index in [1.165, 1.54) is 0 Å². The molecule has 2 aromatic rings. The highest BCUT2D eigenvalue weighted by Crippen LogP contribution is 2.15. The summed E-state index contributed by atoms with van der Waals surface area (Å²) in [6.45, 7) is 13.9. The van der Waals surface area contributed by atoms with Crippen LogP contribution in [0.25, 0.3) is 5.76 Å². The number of benzene rings is 1. The van der Waals surface area contributed by atoms with Crippen LogP contribution in [0.2, 0.25) is 0 Å². The maximum Gasteiger partial charge on any atom is 0.226 e. The van der Waals surface area contributed by atoms with Crippen LogP contribution in [-0.2, 0) is 14.3 Å². The summed E-state index contributed by atoms with van der Waals surface area (Å²) >= 11 is 0. The van der Waals surface area contributed by atoms with Crippen LogP contribution in [0, 0.1) is 11.8 Å². The molecule has 0 aliphatic heterocycles. The molecule has 1 atom stereocenters. The van der Waals surface area contributed by atoms with Gasteiger partial charge in [-0.1, -0.05) is 88.1 Å². The first kappa shape index (κ1) is 30.1. The highest BCUT2D eigenvalue weighted by Gasteiger charge is 2.06. The molecule has 2 rings (SSSR count). The van der Waals surface area contributed by atoms with Gasteiger partial charge in [-0.25, -0.2) is 4.98 Å². The third-order valence-corrected chi connectivity index (χ3v) is 4.79. The van der Waals surface area contributed by atoms with Crippen LogP contribution >= 0.6 is 0 Å². The Morgan fingerprint density at radius 3 is 2.36 bits per heavy atom. The number of anilines is 1. The van der Waals surface area contributed by atoms with Gasteiger partial charge in [0, 0.05) is 35.7 Å². The molecular weight excluding hydrogens is 450 g/mol. The third kappa shape index (κ3) is 13.1. The van der Waals surface area contributed by atoms with Crippen LogP contribution in [-0.4, -0.2) is 23.4 Å². The summed E-state index contributed by atoms with van der Waals surface area (Å²) in [4.78, 5) is 26.4. The Morgan fingerprint density at radius 1 is 1.08 bits per heavy atom. The first-order chi connectivity index (χ1) is 17.3. The van der Waals surface area contributed by atoms with Gasteiger partial charge < -0.3 is 15.4 Å². The summed E-state index contributed by atoms with van der Waals surface area (Å²) in [5.41, 5.74) is 1.81. The number of allylic oxidation sites excluding steroid dienone is 4. The summed E-state index contributed by atoms with van der Waals surface area (Å²) in [6.07, 6.45) is 12.1. The summed E-state index contributed by atoms with van der Waals surface area (Å²) in [5, 5.41) is 5.51. The lowest BCUT2D eigenvalue weighted by atomic mass is 10.1. The third-order valence-electron chi connectivity index (χ3n) is 4.79. The molecule has 36 heavy (non-hydrogen) atoms. The zero-order valence-corrected chi connectivity index (χ0v) is 22.0. The van der Waals surface area contributed by atoms with Gasteiger partial charge in [-0.3, -0.25) is 9.59 Å². The van der Waals surface area contributed by atoms with Crippen LogP contribution in [0.1, 0.15) is 46.6 Å². The fraction of sp³-hybridized carbons (Fsp3) is 0.300. The van der Waals surface area contributed by atoms with Crippen molar-refractivity contribution in [3.8, 4) is 0 Å². The number of carbonyl (C=O) groups is 2. The van der Waals surface area contributed by atoms with Crippen molar-refractivity contribution >= 4 is 23.4 Å². The number of nitrogens with one attached hydrogen (secondary N) is 2. The highest BCUT2D eigenvalue weighted by atomic mass is 16.5. The lowest BCUT2D eigenvalue weighted by molar-refractivity contribution is -0.123. The summed E-state index contributed by atoms with van der Waals surface area (Å²) in [5.74, 6) is 1.40. The first-order valence-corrected chi connectivity index (χ1v) is 12.1. The number of carbonyl (C=O) groups excluding carboxylic acids is 2. The van der Waals surface area contributed by atoms with Crippen LogP contribution in [0.3, 0.4) is 0 Å². The molecule has 0 bridgehead atoms. The van der Waals surface area contributed by atoms with E-state index in [2.05, 4.69) is 28.3 Å². The van der Waals surface area contributed by atoms with Gasteiger partial charge in [0.2, 0.25) is 11.8 Å². The Morgan fingerprint density at radius 2 is 1.78 bits per heavy atom. The van der Waals surface area contributed by atoms with Crippen LogP contribution < -0.4 is 10.6 Å². The molecule has 192 valence electrons. The quantitative estimate of drug-likeness (QED) is 0.214. The number of rotatable bonds is 11. The minimum absolute atomic E-state index is 0.0105. The number of ether oxygens (including phenoxy) is 1. The molecule has 0 saturated carbocycles. The molecule has 1 unspecified atom stereocenters. The minimum atomic E-state index is -0.0273.